The highest BCUT2D eigenvalue weighted by Gasteiger charge is 2.28. The number of sulfonamides is 1. The number of aryl methyl sites for hydroxylation is 1. The highest BCUT2D eigenvalue weighted by atomic mass is 32.2. The molecular formula is C22H28N2O4S. The number of ether oxygens (including phenoxy) is 1. The lowest BCUT2D eigenvalue weighted by molar-refractivity contribution is 0.0939. The minimum absolute atomic E-state index is 0.212. The van der Waals surface area contributed by atoms with Crippen LogP contribution in [0.5, 0.6) is 5.75 Å². The van der Waals surface area contributed by atoms with Gasteiger partial charge in [0.15, 0.2) is 0 Å². The van der Waals surface area contributed by atoms with Gasteiger partial charge in [0, 0.05) is 18.7 Å². The summed E-state index contributed by atoms with van der Waals surface area (Å²) in [5.41, 5.74) is 1.93. The summed E-state index contributed by atoms with van der Waals surface area (Å²) >= 11 is 0. The monoisotopic (exact) mass is 416 g/mol. The Morgan fingerprint density at radius 1 is 1.07 bits per heavy atom. The Balaban J connectivity index is 1.79. The van der Waals surface area contributed by atoms with Crippen LogP contribution in [0.2, 0.25) is 0 Å². The van der Waals surface area contributed by atoms with Gasteiger partial charge >= 0.3 is 0 Å². The first-order chi connectivity index (χ1) is 13.8. The van der Waals surface area contributed by atoms with Gasteiger partial charge in [-0.1, -0.05) is 24.6 Å². The van der Waals surface area contributed by atoms with Gasteiger partial charge in [-0.25, -0.2) is 8.42 Å². The van der Waals surface area contributed by atoms with E-state index in [1.807, 2.05) is 31.2 Å². The molecule has 1 heterocycles. The number of benzene rings is 2. The second-order valence-electron chi connectivity index (χ2n) is 7.41. The standard InChI is InChI=1S/C22H28N2O4S/c1-16-7-8-19(15-21(16)29(26,27)24-13-5-4-6-14-24)22(25)23-17(2)18-9-11-20(28-3)12-10-18/h7-12,15,17H,4-6,13-14H2,1-3H3,(H,23,25)/t17-/m0/s1. The maximum atomic E-state index is 13.1. The molecule has 0 unspecified atom stereocenters. The number of nitrogens with one attached hydrogen (secondary N) is 1. The van der Waals surface area contributed by atoms with Crippen molar-refractivity contribution in [1.29, 1.82) is 0 Å². The lowest BCUT2D eigenvalue weighted by atomic mass is 10.1. The van der Waals surface area contributed by atoms with Crippen LogP contribution < -0.4 is 10.1 Å². The second kappa shape index (κ2) is 8.97. The van der Waals surface area contributed by atoms with Crippen molar-refractivity contribution in [2.24, 2.45) is 0 Å². The summed E-state index contributed by atoms with van der Waals surface area (Å²) in [5.74, 6) is 0.446. The van der Waals surface area contributed by atoms with Gasteiger partial charge in [-0.15, -0.1) is 0 Å². The fourth-order valence-electron chi connectivity index (χ4n) is 3.52. The van der Waals surface area contributed by atoms with E-state index in [2.05, 4.69) is 5.32 Å². The van der Waals surface area contributed by atoms with Gasteiger partial charge in [0.2, 0.25) is 10.0 Å². The first-order valence-electron chi connectivity index (χ1n) is 9.88. The van der Waals surface area contributed by atoms with Crippen molar-refractivity contribution in [2.75, 3.05) is 20.2 Å². The zero-order chi connectivity index (χ0) is 21.0. The number of hydrogen-bond donors (Lipinski definition) is 1. The maximum Gasteiger partial charge on any atom is 0.251 e. The average molecular weight is 417 g/mol. The van der Waals surface area contributed by atoms with Crippen LogP contribution in [0.25, 0.3) is 0 Å². The summed E-state index contributed by atoms with van der Waals surface area (Å²) in [4.78, 5) is 13.0. The van der Waals surface area contributed by atoms with Crippen LogP contribution in [0, 0.1) is 6.92 Å². The largest absolute Gasteiger partial charge is 0.497 e. The van der Waals surface area contributed by atoms with Gasteiger partial charge in [-0.3, -0.25) is 4.79 Å². The molecule has 0 saturated carbocycles. The topological polar surface area (TPSA) is 75.7 Å². The molecule has 3 rings (SSSR count). The number of nitrogens with zero attached hydrogens (tertiary/aromatic N) is 1. The van der Waals surface area contributed by atoms with E-state index in [1.54, 1.807) is 26.2 Å². The van der Waals surface area contributed by atoms with Gasteiger partial charge in [-0.05, 0) is 62.1 Å². The second-order valence-corrected chi connectivity index (χ2v) is 9.32. The summed E-state index contributed by atoms with van der Waals surface area (Å²) in [6.07, 6.45) is 2.80. The fourth-order valence-corrected chi connectivity index (χ4v) is 5.29. The van der Waals surface area contributed by atoms with Gasteiger partial charge in [0.05, 0.1) is 18.0 Å². The fraction of sp³-hybridized carbons (Fsp3) is 0.409. The molecule has 1 aliphatic heterocycles. The van der Waals surface area contributed by atoms with Crippen LogP contribution in [-0.2, 0) is 10.0 Å². The minimum Gasteiger partial charge on any atom is -0.497 e. The number of carbonyl (C=O) groups excluding carboxylic acids is 1. The molecule has 6 nitrogen and oxygen atoms in total. The average Bonchev–Trinajstić information content (AvgIpc) is 2.74. The molecule has 1 aliphatic rings. The number of hydrogen-bond acceptors (Lipinski definition) is 4. The molecular weight excluding hydrogens is 388 g/mol. The zero-order valence-corrected chi connectivity index (χ0v) is 18.0. The van der Waals surface area contributed by atoms with Gasteiger partial charge in [0.25, 0.3) is 5.91 Å². The van der Waals surface area contributed by atoms with Crippen molar-refractivity contribution in [2.45, 2.75) is 44.0 Å². The van der Waals surface area contributed by atoms with Crippen molar-refractivity contribution in [1.82, 2.24) is 9.62 Å². The van der Waals surface area contributed by atoms with Crippen LogP contribution in [0.3, 0.4) is 0 Å². The summed E-state index contributed by atoms with van der Waals surface area (Å²) in [6.45, 7) is 4.72. The van der Waals surface area contributed by atoms with Crippen molar-refractivity contribution in [3.63, 3.8) is 0 Å². The van der Waals surface area contributed by atoms with E-state index in [0.29, 0.717) is 24.2 Å². The zero-order valence-electron chi connectivity index (χ0n) is 17.1. The number of methoxy groups -OCH3 is 1. The van der Waals surface area contributed by atoms with E-state index < -0.39 is 10.0 Å². The van der Waals surface area contributed by atoms with Crippen molar-refractivity contribution in [3.05, 3.63) is 59.2 Å². The minimum atomic E-state index is -3.60. The Kier molecular flexibility index (Phi) is 6.59. The third kappa shape index (κ3) is 4.79. The molecule has 1 amide bonds. The number of carbonyl (C=O) groups is 1. The molecule has 0 bridgehead atoms. The molecule has 1 fully saturated rings. The van der Waals surface area contributed by atoms with Crippen LogP contribution in [0.1, 0.15) is 53.7 Å². The van der Waals surface area contributed by atoms with E-state index in [1.165, 1.54) is 10.4 Å². The maximum absolute atomic E-state index is 13.1. The van der Waals surface area contributed by atoms with E-state index in [4.69, 9.17) is 4.74 Å². The van der Waals surface area contributed by atoms with Crippen molar-refractivity contribution in [3.8, 4) is 5.75 Å². The molecule has 0 aromatic heterocycles. The molecule has 156 valence electrons. The molecule has 0 radical (unpaired) electrons. The highest BCUT2D eigenvalue weighted by molar-refractivity contribution is 7.89. The van der Waals surface area contributed by atoms with E-state index in [-0.39, 0.29) is 16.8 Å². The normalized spacial score (nSPS) is 16.2. The van der Waals surface area contributed by atoms with Crippen molar-refractivity contribution < 1.29 is 17.9 Å². The van der Waals surface area contributed by atoms with E-state index in [9.17, 15) is 13.2 Å². The van der Waals surface area contributed by atoms with E-state index in [0.717, 1.165) is 30.6 Å². The van der Waals surface area contributed by atoms with Crippen LogP contribution in [-0.4, -0.2) is 38.8 Å². The summed E-state index contributed by atoms with van der Waals surface area (Å²) < 4.78 is 32.8. The molecule has 2 aromatic carbocycles. The SMILES string of the molecule is COc1ccc([C@H](C)NC(=O)c2ccc(C)c(S(=O)(=O)N3CCCCC3)c2)cc1. The first-order valence-corrected chi connectivity index (χ1v) is 11.3. The number of rotatable bonds is 6. The molecule has 1 saturated heterocycles. The van der Waals surface area contributed by atoms with Crippen LogP contribution in [0.15, 0.2) is 47.4 Å². The van der Waals surface area contributed by atoms with Gasteiger partial charge in [-0.2, -0.15) is 4.31 Å². The summed E-state index contributed by atoms with van der Waals surface area (Å²) in [5, 5.41) is 2.94. The predicted octanol–water partition coefficient (Wildman–Crippen LogP) is 3.67. The molecule has 1 atom stereocenters. The van der Waals surface area contributed by atoms with Gasteiger partial charge in [0.1, 0.15) is 5.75 Å². The molecule has 7 heteroatoms. The molecule has 1 N–H and O–H groups in total. The highest BCUT2D eigenvalue weighted by Crippen LogP contribution is 2.25. The Hall–Kier alpha value is -2.38. The number of amides is 1. The van der Waals surface area contributed by atoms with Crippen LogP contribution in [0.4, 0.5) is 0 Å². The van der Waals surface area contributed by atoms with Crippen molar-refractivity contribution >= 4 is 15.9 Å². The lowest BCUT2D eigenvalue weighted by Crippen LogP contribution is -2.36. The predicted molar refractivity (Wildman–Crippen MR) is 113 cm³/mol. The Labute approximate surface area is 172 Å². The summed E-state index contributed by atoms with van der Waals surface area (Å²) in [7, 11) is -1.99. The number of piperidine rings is 1. The first kappa shape index (κ1) is 21.3. The molecule has 2 aromatic rings. The quantitative estimate of drug-likeness (QED) is 0.780. The Morgan fingerprint density at radius 3 is 2.34 bits per heavy atom. The van der Waals surface area contributed by atoms with Gasteiger partial charge < -0.3 is 10.1 Å². The molecule has 0 aliphatic carbocycles. The third-order valence-corrected chi connectivity index (χ3v) is 7.39. The van der Waals surface area contributed by atoms with E-state index >= 15 is 0 Å². The molecule has 0 spiro atoms. The summed E-state index contributed by atoms with van der Waals surface area (Å²) in [6, 6.07) is 12.1. The van der Waals surface area contributed by atoms with Crippen LogP contribution >= 0.6 is 0 Å². The third-order valence-electron chi connectivity index (χ3n) is 5.35. The molecule has 29 heavy (non-hydrogen) atoms. The smallest absolute Gasteiger partial charge is 0.251 e. The lowest BCUT2D eigenvalue weighted by Gasteiger charge is -2.26. The Morgan fingerprint density at radius 2 is 1.72 bits per heavy atom. The Bertz CT molecular complexity index is 965.